The van der Waals surface area contributed by atoms with Gasteiger partial charge >= 0.3 is 0 Å². The molecule has 1 heterocycles. The van der Waals surface area contributed by atoms with Crippen LogP contribution in [-0.4, -0.2) is 25.1 Å². The first-order chi connectivity index (χ1) is 11.9. The maximum Gasteiger partial charge on any atom is 0.262 e. The molecule has 0 atom stereocenters. The molecule has 7 heteroatoms. The van der Waals surface area contributed by atoms with E-state index in [0.717, 1.165) is 11.4 Å². The van der Waals surface area contributed by atoms with Crippen molar-refractivity contribution in [1.29, 1.82) is 0 Å². The van der Waals surface area contributed by atoms with E-state index in [1.165, 1.54) is 0 Å². The Balaban J connectivity index is 1.95. The number of benzene rings is 2. The number of imidazole rings is 1. The number of aromatic nitrogens is 2. The van der Waals surface area contributed by atoms with Crippen LogP contribution in [0.1, 0.15) is 11.3 Å². The molecule has 0 saturated carbocycles. The molecule has 0 aliphatic carbocycles. The Kier molecular flexibility index (Phi) is 4.50. The Bertz CT molecular complexity index is 1010. The van der Waals surface area contributed by atoms with Crippen LogP contribution in [0.2, 0.25) is 0 Å². The van der Waals surface area contributed by atoms with Crippen LogP contribution in [0.15, 0.2) is 59.9 Å². The van der Waals surface area contributed by atoms with Gasteiger partial charge in [0.2, 0.25) is 0 Å². The van der Waals surface area contributed by atoms with Crippen molar-refractivity contribution in [3.05, 3.63) is 66.2 Å². The van der Waals surface area contributed by atoms with E-state index in [1.807, 2.05) is 17.7 Å². The molecule has 6 nitrogen and oxygen atoms in total. The van der Waals surface area contributed by atoms with E-state index in [0.29, 0.717) is 17.0 Å². The number of hydrogen-bond donors (Lipinski definition) is 1. The Hall–Kier alpha value is -2.80. The minimum Gasteiger partial charge on any atom is -0.494 e. The molecule has 0 spiro atoms. The van der Waals surface area contributed by atoms with Gasteiger partial charge in [-0.15, -0.1) is 0 Å². The van der Waals surface area contributed by atoms with Crippen LogP contribution in [-0.2, 0) is 10.0 Å². The van der Waals surface area contributed by atoms with Crippen LogP contribution in [0, 0.1) is 13.8 Å². The lowest BCUT2D eigenvalue weighted by Gasteiger charge is -2.14. The molecule has 0 aliphatic heterocycles. The second-order valence-corrected chi connectivity index (χ2v) is 7.33. The number of aryl methyl sites for hydroxylation is 2. The summed E-state index contributed by atoms with van der Waals surface area (Å²) in [5.74, 6) is 0.544. The monoisotopic (exact) mass is 357 g/mol. The molecule has 0 saturated heterocycles. The fourth-order valence-corrected chi connectivity index (χ4v) is 3.87. The fourth-order valence-electron chi connectivity index (χ4n) is 2.58. The standard InChI is InChI=1S/C18H19N3O3S/c1-13-6-4-5-7-18(13)25(22,23)20-15-8-9-16(17(10-15)24-3)21-11-14(2)19-12-21/h4-12,20H,1-3H3. The molecule has 0 bridgehead atoms. The topological polar surface area (TPSA) is 73.2 Å². The van der Waals surface area contributed by atoms with Gasteiger partial charge in [-0.1, -0.05) is 18.2 Å². The minimum atomic E-state index is -3.67. The summed E-state index contributed by atoms with van der Waals surface area (Å²) in [6.07, 6.45) is 3.55. The first-order valence-corrected chi connectivity index (χ1v) is 9.16. The number of nitrogens with zero attached hydrogens (tertiary/aromatic N) is 2. The summed E-state index contributed by atoms with van der Waals surface area (Å²) in [6, 6.07) is 12.0. The summed E-state index contributed by atoms with van der Waals surface area (Å²) < 4.78 is 35.1. The number of hydrogen-bond acceptors (Lipinski definition) is 4. The second kappa shape index (κ2) is 6.60. The van der Waals surface area contributed by atoms with E-state index in [9.17, 15) is 8.42 Å². The quantitative estimate of drug-likeness (QED) is 0.760. The fraction of sp³-hybridized carbons (Fsp3) is 0.167. The molecule has 3 rings (SSSR count). The lowest BCUT2D eigenvalue weighted by molar-refractivity contribution is 0.413. The number of anilines is 1. The van der Waals surface area contributed by atoms with Crippen molar-refractivity contribution >= 4 is 15.7 Å². The van der Waals surface area contributed by atoms with E-state index < -0.39 is 10.0 Å². The third-order valence-corrected chi connectivity index (χ3v) is 5.35. The number of ether oxygens (including phenoxy) is 1. The largest absolute Gasteiger partial charge is 0.494 e. The molecule has 3 aromatic rings. The highest BCUT2D eigenvalue weighted by atomic mass is 32.2. The van der Waals surface area contributed by atoms with Gasteiger partial charge in [-0.05, 0) is 37.6 Å². The van der Waals surface area contributed by atoms with E-state index in [4.69, 9.17) is 4.74 Å². The van der Waals surface area contributed by atoms with Crippen LogP contribution in [0.25, 0.3) is 5.69 Å². The molecular formula is C18H19N3O3S. The first kappa shape index (κ1) is 17.0. The average Bonchev–Trinajstić information content (AvgIpc) is 3.01. The van der Waals surface area contributed by atoms with Crippen LogP contribution < -0.4 is 9.46 Å². The lowest BCUT2D eigenvalue weighted by Crippen LogP contribution is -2.14. The third kappa shape index (κ3) is 3.51. The SMILES string of the molecule is COc1cc(NS(=O)(=O)c2ccccc2C)ccc1-n1cnc(C)c1. The molecule has 2 aromatic carbocycles. The number of methoxy groups -OCH3 is 1. The molecule has 0 aliphatic rings. The lowest BCUT2D eigenvalue weighted by atomic mass is 10.2. The summed E-state index contributed by atoms with van der Waals surface area (Å²) in [7, 11) is -2.12. The van der Waals surface area contributed by atoms with Crippen molar-refractivity contribution in [1.82, 2.24) is 9.55 Å². The van der Waals surface area contributed by atoms with Gasteiger partial charge < -0.3 is 9.30 Å². The highest BCUT2D eigenvalue weighted by molar-refractivity contribution is 7.92. The predicted molar refractivity (Wildman–Crippen MR) is 96.8 cm³/mol. The Morgan fingerprint density at radius 3 is 2.52 bits per heavy atom. The van der Waals surface area contributed by atoms with Crippen molar-refractivity contribution in [2.24, 2.45) is 0 Å². The van der Waals surface area contributed by atoms with E-state index in [-0.39, 0.29) is 4.90 Å². The van der Waals surface area contributed by atoms with Gasteiger partial charge in [0.15, 0.2) is 0 Å². The molecule has 130 valence electrons. The van der Waals surface area contributed by atoms with E-state index in [1.54, 1.807) is 62.8 Å². The maximum atomic E-state index is 12.6. The number of rotatable bonds is 5. The number of nitrogens with one attached hydrogen (secondary N) is 1. The van der Waals surface area contributed by atoms with Gasteiger partial charge in [0, 0.05) is 12.3 Å². The Morgan fingerprint density at radius 2 is 1.88 bits per heavy atom. The molecule has 0 fully saturated rings. The van der Waals surface area contributed by atoms with E-state index in [2.05, 4.69) is 9.71 Å². The zero-order valence-corrected chi connectivity index (χ0v) is 15.0. The summed E-state index contributed by atoms with van der Waals surface area (Å²) in [5, 5.41) is 0. The van der Waals surface area contributed by atoms with Crippen molar-refractivity contribution in [2.45, 2.75) is 18.7 Å². The molecular weight excluding hydrogens is 338 g/mol. The highest BCUT2D eigenvalue weighted by Crippen LogP contribution is 2.28. The van der Waals surface area contributed by atoms with Gasteiger partial charge in [-0.2, -0.15) is 0 Å². The van der Waals surface area contributed by atoms with Crippen LogP contribution in [0.5, 0.6) is 5.75 Å². The van der Waals surface area contributed by atoms with Crippen molar-refractivity contribution in [3.63, 3.8) is 0 Å². The smallest absolute Gasteiger partial charge is 0.262 e. The summed E-state index contributed by atoms with van der Waals surface area (Å²) in [4.78, 5) is 4.45. The number of sulfonamides is 1. The van der Waals surface area contributed by atoms with Crippen molar-refractivity contribution < 1.29 is 13.2 Å². The third-order valence-electron chi connectivity index (χ3n) is 3.80. The van der Waals surface area contributed by atoms with E-state index >= 15 is 0 Å². The van der Waals surface area contributed by atoms with Gasteiger partial charge in [-0.3, -0.25) is 4.72 Å². The molecule has 0 amide bonds. The van der Waals surface area contributed by atoms with Crippen LogP contribution >= 0.6 is 0 Å². The normalized spacial score (nSPS) is 11.3. The van der Waals surface area contributed by atoms with Gasteiger partial charge in [-0.25, -0.2) is 13.4 Å². The molecule has 0 unspecified atom stereocenters. The summed E-state index contributed by atoms with van der Waals surface area (Å²) >= 11 is 0. The van der Waals surface area contributed by atoms with Crippen molar-refractivity contribution in [3.8, 4) is 11.4 Å². The second-order valence-electron chi connectivity index (χ2n) is 5.68. The molecule has 1 N–H and O–H groups in total. The Labute approximate surface area is 147 Å². The molecule has 25 heavy (non-hydrogen) atoms. The van der Waals surface area contributed by atoms with Crippen LogP contribution in [0.3, 0.4) is 0 Å². The first-order valence-electron chi connectivity index (χ1n) is 7.68. The minimum absolute atomic E-state index is 0.253. The molecule has 1 aromatic heterocycles. The zero-order chi connectivity index (χ0) is 18.0. The van der Waals surface area contributed by atoms with Crippen molar-refractivity contribution in [2.75, 3.05) is 11.8 Å². The highest BCUT2D eigenvalue weighted by Gasteiger charge is 2.17. The summed E-state index contributed by atoms with van der Waals surface area (Å²) in [5.41, 5.74) is 2.78. The van der Waals surface area contributed by atoms with Gasteiger partial charge in [0.1, 0.15) is 5.75 Å². The predicted octanol–water partition coefficient (Wildman–Crippen LogP) is 3.30. The van der Waals surface area contributed by atoms with Gasteiger partial charge in [0.05, 0.1) is 35.4 Å². The maximum absolute atomic E-state index is 12.6. The Morgan fingerprint density at radius 1 is 1.12 bits per heavy atom. The van der Waals surface area contributed by atoms with Gasteiger partial charge in [0.25, 0.3) is 10.0 Å². The molecule has 0 radical (unpaired) electrons. The zero-order valence-electron chi connectivity index (χ0n) is 14.2. The summed E-state index contributed by atoms with van der Waals surface area (Å²) in [6.45, 7) is 3.66. The average molecular weight is 357 g/mol. The van der Waals surface area contributed by atoms with Crippen LogP contribution in [0.4, 0.5) is 5.69 Å².